The summed E-state index contributed by atoms with van der Waals surface area (Å²) < 4.78 is 74.9. The van der Waals surface area contributed by atoms with Crippen molar-refractivity contribution in [3.8, 4) is 5.75 Å². The zero-order valence-corrected chi connectivity index (χ0v) is 24.3. The summed E-state index contributed by atoms with van der Waals surface area (Å²) in [6, 6.07) is 2.93. The molecule has 4 N–H and O–H groups in total. The fourth-order valence-electron chi connectivity index (χ4n) is 3.93. The molecule has 41 heavy (non-hydrogen) atoms. The maximum Gasteiger partial charge on any atom is 0.408 e. The summed E-state index contributed by atoms with van der Waals surface area (Å²) in [7, 11) is -3.00. The molecule has 0 spiro atoms. The van der Waals surface area contributed by atoms with Crippen LogP contribution in [0.2, 0.25) is 0 Å². The molecule has 1 aromatic carbocycles. The minimum atomic E-state index is -4.86. The normalized spacial score (nSPS) is 15.3. The Labute approximate surface area is 235 Å². The molecular weight excluding hydrogens is 566 g/mol. The van der Waals surface area contributed by atoms with Crippen LogP contribution in [0.4, 0.5) is 19.0 Å². The highest BCUT2D eigenvalue weighted by Gasteiger charge is 2.47. The molecule has 0 saturated carbocycles. The number of carbonyl (C=O) groups is 1. The molecule has 0 amide bonds. The van der Waals surface area contributed by atoms with Gasteiger partial charge in [0, 0.05) is 0 Å². The second-order valence-electron chi connectivity index (χ2n) is 9.93. The van der Waals surface area contributed by atoms with Crippen LogP contribution in [0.25, 0.3) is 11.2 Å². The lowest BCUT2D eigenvalue weighted by Gasteiger charge is -2.34. The van der Waals surface area contributed by atoms with Gasteiger partial charge in [0.1, 0.15) is 35.5 Å². The largest absolute Gasteiger partial charge is 0.497 e. The number of nitrogens with zero attached hydrogens (tertiary/aromatic N) is 4. The van der Waals surface area contributed by atoms with Crippen LogP contribution in [0.1, 0.15) is 45.7 Å². The Hall–Kier alpha value is -3.26. The number of nitrogens with two attached hydrogens (primary N) is 1. The quantitative estimate of drug-likeness (QED) is 0.180. The molecule has 12 nitrogen and oxygen atoms in total. The van der Waals surface area contributed by atoms with Gasteiger partial charge in [0.25, 0.3) is 0 Å². The summed E-state index contributed by atoms with van der Waals surface area (Å²) in [5.41, 5.74) is 4.79. The first-order valence-electron chi connectivity index (χ1n) is 12.8. The van der Waals surface area contributed by atoms with Crippen LogP contribution in [0.15, 0.2) is 36.9 Å². The molecule has 0 aliphatic carbocycles. The third kappa shape index (κ3) is 8.38. The molecule has 3 atom stereocenters. The predicted octanol–water partition coefficient (Wildman–Crippen LogP) is 4.19. The lowest BCUT2D eigenvalue weighted by atomic mass is 10.1. The van der Waals surface area contributed by atoms with Crippen molar-refractivity contribution in [1.82, 2.24) is 29.7 Å². The molecule has 3 aromatic rings. The Kier molecular flexibility index (Phi) is 10.3. The van der Waals surface area contributed by atoms with Crippen molar-refractivity contribution >= 4 is 30.4 Å². The van der Waals surface area contributed by atoms with E-state index < -0.39 is 43.6 Å². The van der Waals surface area contributed by atoms with E-state index in [0.29, 0.717) is 17.6 Å². The van der Waals surface area contributed by atoms with Gasteiger partial charge < -0.3 is 24.5 Å². The Balaban J connectivity index is 1.89. The van der Waals surface area contributed by atoms with Gasteiger partial charge in [-0.3, -0.25) is 9.36 Å². The van der Waals surface area contributed by atoms with E-state index in [1.54, 1.807) is 18.4 Å². The second-order valence-corrected chi connectivity index (χ2v) is 12.1. The first-order chi connectivity index (χ1) is 19.2. The number of imidazole rings is 1. The number of hydrogen-bond acceptors (Lipinski definition) is 9. The van der Waals surface area contributed by atoms with Crippen molar-refractivity contribution in [3.63, 3.8) is 0 Å². The number of nitrogens with one attached hydrogen (secondary N) is 2. The van der Waals surface area contributed by atoms with Gasteiger partial charge in [-0.15, -0.1) is 0 Å². The Morgan fingerprint density at radius 2 is 1.95 bits per heavy atom. The van der Waals surface area contributed by atoms with Crippen molar-refractivity contribution in [3.05, 3.63) is 42.5 Å². The molecule has 0 aliphatic heterocycles. The molecule has 3 rings (SSSR count). The molecule has 0 fully saturated rings. The zero-order chi connectivity index (χ0) is 30.4. The second kappa shape index (κ2) is 13.1. The van der Waals surface area contributed by atoms with Crippen LogP contribution in [0.3, 0.4) is 0 Å². The first-order valence-corrected chi connectivity index (χ1v) is 14.7. The Bertz CT molecular complexity index is 1390. The summed E-state index contributed by atoms with van der Waals surface area (Å²) in [4.78, 5) is 24.9. The summed E-state index contributed by atoms with van der Waals surface area (Å²) in [5, 5.41) is 4.82. The number of benzene rings is 1. The highest BCUT2D eigenvalue weighted by molar-refractivity contribution is 7.59. The molecule has 16 heteroatoms. The number of fused-ring (bicyclic) bond motifs is 1. The summed E-state index contributed by atoms with van der Waals surface area (Å²) >= 11 is 0. The van der Waals surface area contributed by atoms with Crippen LogP contribution in [-0.2, 0) is 25.4 Å². The highest BCUT2D eigenvalue weighted by atomic mass is 31.2. The van der Waals surface area contributed by atoms with E-state index >= 15 is 0 Å². The average molecular weight is 602 g/mol. The zero-order valence-electron chi connectivity index (χ0n) is 23.4. The van der Waals surface area contributed by atoms with Crippen molar-refractivity contribution in [2.45, 2.75) is 64.5 Å². The van der Waals surface area contributed by atoms with Gasteiger partial charge in [-0.2, -0.15) is 13.2 Å². The molecule has 0 radical (unpaired) electrons. The van der Waals surface area contributed by atoms with E-state index in [2.05, 4.69) is 25.1 Å². The van der Waals surface area contributed by atoms with Crippen LogP contribution in [-0.4, -0.2) is 63.4 Å². The number of rotatable bonds is 14. The smallest absolute Gasteiger partial charge is 0.408 e. The average Bonchev–Trinajstić information content (AvgIpc) is 3.32. The monoisotopic (exact) mass is 601 g/mol. The fourth-order valence-corrected chi connectivity index (χ4v) is 6.31. The molecule has 0 bridgehead atoms. The number of methoxy groups -OCH3 is 1. The van der Waals surface area contributed by atoms with E-state index in [-0.39, 0.29) is 30.3 Å². The van der Waals surface area contributed by atoms with Crippen molar-refractivity contribution in [2.24, 2.45) is 0 Å². The number of halogens is 3. The minimum Gasteiger partial charge on any atom is -0.497 e. The van der Waals surface area contributed by atoms with Gasteiger partial charge in [0.15, 0.2) is 11.5 Å². The molecule has 2 heterocycles. The number of aromatic nitrogens is 4. The summed E-state index contributed by atoms with van der Waals surface area (Å²) in [6.07, 6.45) is -2.95. The number of ether oxygens (including phenoxy) is 3. The van der Waals surface area contributed by atoms with E-state index in [1.165, 1.54) is 57.9 Å². The van der Waals surface area contributed by atoms with Gasteiger partial charge in [0.2, 0.25) is 7.44 Å². The number of alkyl halides is 3. The highest BCUT2D eigenvalue weighted by Crippen LogP contribution is 2.47. The van der Waals surface area contributed by atoms with E-state index in [4.69, 9.17) is 19.9 Å². The third-order valence-electron chi connectivity index (χ3n) is 5.92. The standard InChI is InChI=1S/C25H35F3N7O5P/c1-6-10-39-23(36)24(3,4)34-41(37,33-20(25(26,27)28)17-8-7-9-18(11-17)38-5)15-40-16(2)12-35-14-32-19-21(29)30-13-31-22(19)35/h7-9,11,13-14,16,20H,6,10,12,15H2,1-5H3,(H2,29,30,31)(H2,33,34,37)/t16-,20+,41?/m0/s1. The molecular formula is C25H35F3N7O5P. The number of anilines is 1. The molecule has 226 valence electrons. The SMILES string of the molecule is CCCOC(=O)C(C)(C)NP(=O)(CO[C@@H](C)Cn1cnc2c(N)ncnc21)N[C@H](c1cccc(OC)c1)C(F)(F)F. The molecule has 2 aromatic heterocycles. The van der Waals surface area contributed by atoms with Gasteiger partial charge in [0.05, 0.1) is 32.7 Å². The van der Waals surface area contributed by atoms with Crippen LogP contribution < -0.4 is 20.6 Å². The van der Waals surface area contributed by atoms with Gasteiger partial charge in [-0.25, -0.2) is 25.1 Å². The Morgan fingerprint density at radius 3 is 2.61 bits per heavy atom. The molecule has 0 saturated heterocycles. The van der Waals surface area contributed by atoms with E-state index in [1.807, 2.05) is 0 Å². The Morgan fingerprint density at radius 1 is 1.22 bits per heavy atom. The van der Waals surface area contributed by atoms with E-state index in [9.17, 15) is 22.5 Å². The third-order valence-corrected chi connectivity index (χ3v) is 8.03. The number of nitrogen functional groups attached to an aromatic ring is 1. The number of hydrogen-bond donors (Lipinski definition) is 3. The first kappa shape index (κ1) is 32.3. The van der Waals surface area contributed by atoms with E-state index in [0.717, 1.165) is 0 Å². The minimum absolute atomic E-state index is 0.0944. The fraction of sp³-hybridized carbons (Fsp3) is 0.520. The summed E-state index contributed by atoms with van der Waals surface area (Å²) in [5.74, 6) is -0.402. The van der Waals surface area contributed by atoms with Crippen molar-refractivity contribution in [2.75, 3.05) is 25.8 Å². The molecule has 0 aliphatic rings. The maximum atomic E-state index is 14.3. The van der Waals surface area contributed by atoms with Crippen molar-refractivity contribution in [1.29, 1.82) is 0 Å². The predicted molar refractivity (Wildman–Crippen MR) is 146 cm³/mol. The topological polar surface area (TPSA) is 156 Å². The van der Waals surface area contributed by atoms with Crippen LogP contribution in [0.5, 0.6) is 5.75 Å². The lowest BCUT2D eigenvalue weighted by Crippen LogP contribution is -2.50. The van der Waals surface area contributed by atoms with Crippen molar-refractivity contribution < 1.29 is 36.7 Å². The number of carbonyl (C=O) groups excluding carboxylic acids is 1. The van der Waals surface area contributed by atoms with Gasteiger partial charge in [-0.05, 0) is 44.9 Å². The van der Waals surface area contributed by atoms with Crippen LogP contribution in [0, 0.1) is 0 Å². The lowest BCUT2D eigenvalue weighted by molar-refractivity contribution is -0.153. The molecule has 1 unspecified atom stereocenters. The van der Waals surface area contributed by atoms with Gasteiger partial charge >= 0.3 is 12.1 Å². The van der Waals surface area contributed by atoms with Gasteiger partial charge in [-0.1, -0.05) is 19.1 Å². The van der Waals surface area contributed by atoms with Crippen LogP contribution >= 0.6 is 7.44 Å². The number of esters is 1. The summed E-state index contributed by atoms with van der Waals surface area (Å²) in [6.45, 7) is 6.44. The maximum absolute atomic E-state index is 14.3.